The highest BCUT2D eigenvalue weighted by Crippen LogP contribution is 2.16. The van der Waals surface area contributed by atoms with Gasteiger partial charge < -0.3 is 4.74 Å². The van der Waals surface area contributed by atoms with Crippen molar-refractivity contribution >= 4 is 15.9 Å². The molecule has 1 heterocycles. The molecule has 0 unspecified atom stereocenters. The molecule has 0 spiro atoms. The topological polar surface area (TPSA) is 22.1 Å². The van der Waals surface area contributed by atoms with Crippen LogP contribution in [0.3, 0.4) is 0 Å². The van der Waals surface area contributed by atoms with Gasteiger partial charge in [0.25, 0.3) is 0 Å². The fourth-order valence-corrected chi connectivity index (χ4v) is 1.89. The molecule has 0 atom stereocenters. The minimum Gasteiger partial charge on any atom is -0.492 e. The Balaban J connectivity index is 2.03. The second kappa shape index (κ2) is 8.57. The van der Waals surface area contributed by atoms with Crippen LogP contribution in [0.2, 0.25) is 0 Å². The number of nitrogens with zero attached hydrogens (tertiary/aromatic N) is 1. The third kappa shape index (κ3) is 6.11. The number of pyridine rings is 1. The summed E-state index contributed by atoms with van der Waals surface area (Å²) in [5, 5.41) is 0. The Hall–Kier alpha value is -0.570. The molecule has 0 aromatic carbocycles. The van der Waals surface area contributed by atoms with Crippen molar-refractivity contribution < 1.29 is 4.74 Å². The molecule has 1 aromatic rings. The van der Waals surface area contributed by atoms with E-state index in [1.165, 1.54) is 32.1 Å². The van der Waals surface area contributed by atoms with Gasteiger partial charge in [-0.2, -0.15) is 0 Å². The maximum absolute atomic E-state index is 5.60. The molecular weight excluding hydrogens is 266 g/mol. The number of hydrogen-bond acceptors (Lipinski definition) is 2. The molecule has 0 bridgehead atoms. The molecule has 1 rings (SSSR count). The lowest BCUT2D eigenvalue weighted by molar-refractivity contribution is 0.303. The lowest BCUT2D eigenvalue weighted by Gasteiger charge is -2.05. The van der Waals surface area contributed by atoms with Gasteiger partial charge in [-0.15, -0.1) is 0 Å². The van der Waals surface area contributed by atoms with Crippen molar-refractivity contribution in [2.45, 2.75) is 45.4 Å². The molecule has 0 radical (unpaired) electrons. The number of unbranched alkanes of at least 4 members (excludes halogenated alkanes) is 5. The average Bonchev–Trinajstić information content (AvgIpc) is 2.28. The maximum Gasteiger partial charge on any atom is 0.138 e. The fraction of sp³-hybridized carbons (Fsp3) is 0.615. The van der Waals surface area contributed by atoms with Crippen LogP contribution < -0.4 is 4.74 Å². The van der Waals surface area contributed by atoms with E-state index in [9.17, 15) is 0 Å². The molecule has 1 aromatic heterocycles. The Kier molecular flexibility index (Phi) is 7.23. The maximum atomic E-state index is 5.60. The highest BCUT2D eigenvalue weighted by Gasteiger charge is 1.95. The third-order valence-corrected chi connectivity index (χ3v) is 2.88. The van der Waals surface area contributed by atoms with Crippen molar-refractivity contribution in [1.29, 1.82) is 0 Å². The van der Waals surface area contributed by atoms with Gasteiger partial charge >= 0.3 is 0 Å². The minimum atomic E-state index is 0.796. The monoisotopic (exact) mass is 285 g/mol. The molecule has 0 aliphatic heterocycles. The van der Waals surface area contributed by atoms with E-state index < -0.39 is 0 Å². The number of hydrogen-bond donors (Lipinski definition) is 0. The van der Waals surface area contributed by atoms with Crippen LogP contribution in [0.15, 0.2) is 22.9 Å². The first-order chi connectivity index (χ1) is 7.83. The predicted molar refractivity (Wildman–Crippen MR) is 70.8 cm³/mol. The summed E-state index contributed by atoms with van der Waals surface area (Å²) in [4.78, 5) is 4.05. The van der Waals surface area contributed by atoms with Crippen molar-refractivity contribution in [3.63, 3.8) is 0 Å². The Morgan fingerprint density at radius 1 is 1.12 bits per heavy atom. The third-order valence-electron chi connectivity index (χ3n) is 2.45. The molecule has 0 aliphatic carbocycles. The number of halogens is 1. The largest absolute Gasteiger partial charge is 0.492 e. The zero-order valence-electron chi connectivity index (χ0n) is 9.92. The van der Waals surface area contributed by atoms with E-state index in [2.05, 4.69) is 27.8 Å². The van der Waals surface area contributed by atoms with Crippen molar-refractivity contribution in [3.8, 4) is 5.75 Å². The summed E-state index contributed by atoms with van der Waals surface area (Å²) in [6.07, 6.45) is 11.3. The van der Waals surface area contributed by atoms with Crippen LogP contribution in [0.4, 0.5) is 0 Å². The second-order valence-corrected chi connectivity index (χ2v) is 4.87. The highest BCUT2D eigenvalue weighted by atomic mass is 79.9. The Morgan fingerprint density at radius 3 is 2.62 bits per heavy atom. The van der Waals surface area contributed by atoms with E-state index in [1.807, 2.05) is 6.07 Å². The van der Waals surface area contributed by atoms with Gasteiger partial charge in [0.15, 0.2) is 0 Å². The summed E-state index contributed by atoms with van der Waals surface area (Å²) in [6.45, 7) is 3.04. The van der Waals surface area contributed by atoms with E-state index in [-0.39, 0.29) is 0 Å². The summed E-state index contributed by atoms with van der Waals surface area (Å²) in [6, 6.07) is 1.95. The van der Waals surface area contributed by atoms with Crippen LogP contribution in [0, 0.1) is 0 Å². The molecule has 0 saturated heterocycles. The number of aromatic nitrogens is 1. The first-order valence-electron chi connectivity index (χ1n) is 6.06. The normalized spacial score (nSPS) is 10.4. The molecule has 2 nitrogen and oxygen atoms in total. The number of ether oxygens (including phenoxy) is 1. The van der Waals surface area contributed by atoms with Gasteiger partial charge in [-0.1, -0.05) is 39.0 Å². The lowest BCUT2D eigenvalue weighted by atomic mass is 10.1. The molecule has 90 valence electrons. The first-order valence-corrected chi connectivity index (χ1v) is 6.85. The van der Waals surface area contributed by atoms with Crippen molar-refractivity contribution in [3.05, 3.63) is 22.9 Å². The van der Waals surface area contributed by atoms with Gasteiger partial charge in [0.2, 0.25) is 0 Å². The van der Waals surface area contributed by atoms with Crippen molar-refractivity contribution in [1.82, 2.24) is 4.98 Å². The van der Waals surface area contributed by atoms with Crippen molar-refractivity contribution in [2.75, 3.05) is 6.61 Å². The molecular formula is C13H20BrNO. The zero-order chi connectivity index (χ0) is 11.6. The van der Waals surface area contributed by atoms with Crippen molar-refractivity contribution in [2.24, 2.45) is 0 Å². The Labute approximate surface area is 107 Å². The second-order valence-electron chi connectivity index (χ2n) is 3.96. The van der Waals surface area contributed by atoms with E-state index in [4.69, 9.17) is 4.74 Å². The standard InChI is InChI=1S/C13H20BrNO/c1-2-3-4-5-6-7-8-16-13-9-12(14)10-15-11-13/h9-11H,2-8H2,1H3. The molecule has 0 saturated carbocycles. The van der Waals surface area contributed by atoms with Gasteiger partial charge in [-0.3, -0.25) is 4.98 Å². The average molecular weight is 286 g/mol. The van der Waals surface area contributed by atoms with E-state index in [1.54, 1.807) is 12.4 Å². The lowest BCUT2D eigenvalue weighted by Crippen LogP contribution is -1.97. The SMILES string of the molecule is CCCCCCCCOc1cncc(Br)c1. The molecule has 0 N–H and O–H groups in total. The van der Waals surface area contributed by atoms with Crippen LogP contribution in [-0.2, 0) is 0 Å². The summed E-state index contributed by atoms with van der Waals surface area (Å²) in [5.74, 6) is 0.850. The van der Waals surface area contributed by atoms with Crippen LogP contribution in [0.25, 0.3) is 0 Å². The fourth-order valence-electron chi connectivity index (χ4n) is 1.54. The van der Waals surface area contributed by atoms with Crippen LogP contribution in [0.5, 0.6) is 5.75 Å². The van der Waals surface area contributed by atoms with E-state index in [0.29, 0.717) is 0 Å². The Morgan fingerprint density at radius 2 is 1.88 bits per heavy atom. The van der Waals surface area contributed by atoms with Crippen LogP contribution >= 0.6 is 15.9 Å². The van der Waals surface area contributed by atoms with E-state index >= 15 is 0 Å². The predicted octanol–water partition coefficient (Wildman–Crippen LogP) is 4.58. The van der Waals surface area contributed by atoms with Gasteiger partial charge in [0.05, 0.1) is 12.8 Å². The summed E-state index contributed by atoms with van der Waals surface area (Å²) in [5.41, 5.74) is 0. The van der Waals surface area contributed by atoms with Crippen LogP contribution in [0.1, 0.15) is 45.4 Å². The summed E-state index contributed by atoms with van der Waals surface area (Å²) >= 11 is 3.37. The van der Waals surface area contributed by atoms with Gasteiger partial charge in [-0.05, 0) is 28.4 Å². The van der Waals surface area contributed by atoms with Gasteiger partial charge in [0, 0.05) is 10.7 Å². The molecule has 16 heavy (non-hydrogen) atoms. The summed E-state index contributed by atoms with van der Waals surface area (Å²) in [7, 11) is 0. The zero-order valence-corrected chi connectivity index (χ0v) is 11.5. The molecule has 0 fully saturated rings. The van der Waals surface area contributed by atoms with E-state index in [0.717, 1.165) is 23.2 Å². The summed E-state index contributed by atoms with van der Waals surface area (Å²) < 4.78 is 6.57. The van der Waals surface area contributed by atoms with Gasteiger partial charge in [0.1, 0.15) is 5.75 Å². The smallest absolute Gasteiger partial charge is 0.138 e. The highest BCUT2D eigenvalue weighted by molar-refractivity contribution is 9.10. The molecule has 3 heteroatoms. The molecule has 0 aliphatic rings. The Bertz CT molecular complexity index is 291. The number of rotatable bonds is 8. The quantitative estimate of drug-likeness (QED) is 0.652. The minimum absolute atomic E-state index is 0.796. The first kappa shape index (κ1) is 13.5. The molecule has 0 amide bonds. The van der Waals surface area contributed by atoms with Gasteiger partial charge in [-0.25, -0.2) is 0 Å². The van der Waals surface area contributed by atoms with Crippen LogP contribution in [-0.4, -0.2) is 11.6 Å².